The second-order valence-electron chi connectivity index (χ2n) is 6.55. The second-order valence-corrected chi connectivity index (χ2v) is 6.55. The van der Waals surface area contributed by atoms with Crippen molar-refractivity contribution in [1.82, 2.24) is 19.6 Å². The van der Waals surface area contributed by atoms with Gasteiger partial charge in [-0.2, -0.15) is 5.10 Å². The quantitative estimate of drug-likeness (QED) is 0.874. The monoisotopic (exact) mass is 294 g/mol. The summed E-state index contributed by atoms with van der Waals surface area (Å²) in [6.45, 7) is 11.5. The van der Waals surface area contributed by atoms with Crippen LogP contribution in [0.2, 0.25) is 0 Å². The van der Waals surface area contributed by atoms with Crippen molar-refractivity contribution in [1.29, 1.82) is 0 Å². The van der Waals surface area contributed by atoms with Crippen LogP contribution < -0.4 is 0 Å². The molecule has 1 amide bonds. The van der Waals surface area contributed by atoms with Crippen LogP contribution >= 0.6 is 0 Å². The highest BCUT2D eigenvalue weighted by atomic mass is 16.3. The number of rotatable bonds is 4. The third-order valence-corrected chi connectivity index (χ3v) is 3.72. The van der Waals surface area contributed by atoms with Crippen LogP contribution in [0.25, 0.3) is 0 Å². The number of aromatic nitrogens is 2. The number of piperazine rings is 1. The molecule has 6 nitrogen and oxygen atoms in total. The Kier molecular flexibility index (Phi) is 4.68. The molecule has 0 saturated carbocycles. The van der Waals surface area contributed by atoms with Gasteiger partial charge in [0.15, 0.2) is 0 Å². The Morgan fingerprint density at radius 1 is 1.29 bits per heavy atom. The van der Waals surface area contributed by atoms with E-state index in [0.29, 0.717) is 26.2 Å². The largest absolute Gasteiger partial charge is 0.389 e. The van der Waals surface area contributed by atoms with E-state index >= 15 is 0 Å². The summed E-state index contributed by atoms with van der Waals surface area (Å²) in [7, 11) is 0. The van der Waals surface area contributed by atoms with Crippen LogP contribution in [0.1, 0.15) is 25.2 Å². The first-order valence-electron chi connectivity index (χ1n) is 7.48. The minimum atomic E-state index is -0.685. The van der Waals surface area contributed by atoms with Gasteiger partial charge in [0.1, 0.15) is 6.54 Å². The van der Waals surface area contributed by atoms with Crippen molar-refractivity contribution in [2.24, 2.45) is 0 Å². The second kappa shape index (κ2) is 6.15. The average Bonchev–Trinajstić information content (AvgIpc) is 2.66. The maximum Gasteiger partial charge on any atom is 0.244 e. The number of β-amino-alcohol motifs (C(OH)–C–C–N with tert-alkyl or cyclic N) is 1. The zero-order chi connectivity index (χ0) is 15.6. The van der Waals surface area contributed by atoms with Crippen LogP contribution in [0.15, 0.2) is 6.07 Å². The molecular weight excluding hydrogens is 268 g/mol. The summed E-state index contributed by atoms with van der Waals surface area (Å²) in [4.78, 5) is 16.4. The van der Waals surface area contributed by atoms with Crippen molar-refractivity contribution in [3.63, 3.8) is 0 Å². The maximum absolute atomic E-state index is 12.3. The van der Waals surface area contributed by atoms with Gasteiger partial charge in [-0.3, -0.25) is 14.4 Å². The smallest absolute Gasteiger partial charge is 0.244 e. The molecule has 1 saturated heterocycles. The van der Waals surface area contributed by atoms with Crippen molar-refractivity contribution in [3.8, 4) is 0 Å². The van der Waals surface area contributed by atoms with Crippen molar-refractivity contribution < 1.29 is 9.90 Å². The SMILES string of the molecule is Cc1cc(C)n(CC(=O)N2CCN(CC(C)(C)O)CC2)n1. The van der Waals surface area contributed by atoms with E-state index in [0.717, 1.165) is 24.5 Å². The molecule has 0 spiro atoms. The summed E-state index contributed by atoms with van der Waals surface area (Å²) in [5.74, 6) is 0.115. The number of amides is 1. The van der Waals surface area contributed by atoms with E-state index in [-0.39, 0.29) is 5.91 Å². The Morgan fingerprint density at radius 2 is 1.90 bits per heavy atom. The number of aliphatic hydroxyl groups is 1. The summed E-state index contributed by atoms with van der Waals surface area (Å²) in [6, 6.07) is 1.98. The number of nitrogens with zero attached hydrogens (tertiary/aromatic N) is 4. The molecule has 6 heteroatoms. The highest BCUT2D eigenvalue weighted by Crippen LogP contribution is 2.10. The van der Waals surface area contributed by atoms with E-state index < -0.39 is 5.60 Å². The van der Waals surface area contributed by atoms with E-state index in [2.05, 4.69) is 10.00 Å². The first kappa shape index (κ1) is 16.0. The fourth-order valence-electron chi connectivity index (χ4n) is 2.77. The predicted octanol–water partition coefficient (Wildman–Crippen LogP) is 0.415. The lowest BCUT2D eigenvalue weighted by Gasteiger charge is -2.37. The Bertz CT molecular complexity index is 496. The van der Waals surface area contributed by atoms with E-state index in [9.17, 15) is 9.90 Å². The van der Waals surface area contributed by atoms with Crippen molar-refractivity contribution >= 4 is 5.91 Å². The van der Waals surface area contributed by atoms with Gasteiger partial charge in [-0.25, -0.2) is 0 Å². The molecule has 0 radical (unpaired) electrons. The third-order valence-electron chi connectivity index (χ3n) is 3.72. The molecular formula is C15H26N4O2. The van der Waals surface area contributed by atoms with Crippen molar-refractivity contribution in [2.75, 3.05) is 32.7 Å². The number of aryl methyl sites for hydroxylation is 2. The minimum absolute atomic E-state index is 0.115. The Hall–Kier alpha value is -1.40. The summed E-state index contributed by atoms with van der Waals surface area (Å²) in [6.07, 6.45) is 0. The molecule has 1 fully saturated rings. The Morgan fingerprint density at radius 3 is 2.38 bits per heavy atom. The average molecular weight is 294 g/mol. The van der Waals surface area contributed by atoms with Gasteiger partial charge in [-0.15, -0.1) is 0 Å². The van der Waals surface area contributed by atoms with Gasteiger partial charge in [0.05, 0.1) is 11.3 Å². The summed E-state index contributed by atoms with van der Waals surface area (Å²) in [5, 5.41) is 14.2. The number of carbonyl (C=O) groups is 1. The molecule has 1 aliphatic rings. The Balaban J connectivity index is 1.84. The molecule has 1 N–H and O–H groups in total. The molecule has 2 heterocycles. The zero-order valence-corrected chi connectivity index (χ0v) is 13.5. The van der Waals surface area contributed by atoms with E-state index in [1.165, 1.54) is 0 Å². The fraction of sp³-hybridized carbons (Fsp3) is 0.733. The number of hydrogen-bond acceptors (Lipinski definition) is 4. The van der Waals surface area contributed by atoms with Gasteiger partial charge in [0.25, 0.3) is 0 Å². The first-order valence-corrected chi connectivity index (χ1v) is 7.48. The van der Waals surface area contributed by atoms with Crippen LogP contribution in [0, 0.1) is 13.8 Å². The molecule has 0 unspecified atom stereocenters. The topological polar surface area (TPSA) is 61.6 Å². The highest BCUT2D eigenvalue weighted by Gasteiger charge is 2.25. The summed E-state index contributed by atoms with van der Waals surface area (Å²) < 4.78 is 1.76. The van der Waals surface area contributed by atoms with E-state index in [4.69, 9.17) is 0 Å². The third kappa shape index (κ3) is 4.54. The van der Waals surface area contributed by atoms with Gasteiger partial charge in [0, 0.05) is 38.4 Å². The van der Waals surface area contributed by atoms with Crippen LogP contribution in [-0.2, 0) is 11.3 Å². The summed E-state index contributed by atoms with van der Waals surface area (Å²) in [5.41, 5.74) is 1.27. The van der Waals surface area contributed by atoms with E-state index in [1.807, 2.05) is 38.7 Å². The molecule has 1 aliphatic heterocycles. The molecule has 118 valence electrons. The van der Waals surface area contributed by atoms with Crippen LogP contribution in [0.5, 0.6) is 0 Å². The molecule has 1 aromatic rings. The molecule has 0 atom stereocenters. The normalized spacial score (nSPS) is 17.3. The van der Waals surface area contributed by atoms with Crippen LogP contribution in [-0.4, -0.2) is 68.9 Å². The molecule has 0 aliphatic carbocycles. The van der Waals surface area contributed by atoms with Gasteiger partial charge in [-0.1, -0.05) is 0 Å². The molecule has 2 rings (SSSR count). The lowest BCUT2D eigenvalue weighted by atomic mass is 10.1. The fourth-order valence-corrected chi connectivity index (χ4v) is 2.77. The highest BCUT2D eigenvalue weighted by molar-refractivity contribution is 5.76. The Labute approximate surface area is 126 Å². The molecule has 0 bridgehead atoms. The van der Waals surface area contributed by atoms with Crippen molar-refractivity contribution in [3.05, 3.63) is 17.5 Å². The van der Waals surface area contributed by atoms with Gasteiger partial charge in [0.2, 0.25) is 5.91 Å². The minimum Gasteiger partial charge on any atom is -0.389 e. The molecule has 21 heavy (non-hydrogen) atoms. The first-order chi connectivity index (χ1) is 9.74. The molecule has 0 aromatic carbocycles. The van der Waals surface area contributed by atoms with Crippen LogP contribution in [0.4, 0.5) is 0 Å². The lowest BCUT2D eigenvalue weighted by molar-refractivity contribution is -0.134. The van der Waals surface area contributed by atoms with Crippen LogP contribution in [0.3, 0.4) is 0 Å². The predicted molar refractivity (Wildman–Crippen MR) is 81.0 cm³/mol. The summed E-state index contributed by atoms with van der Waals surface area (Å²) >= 11 is 0. The molecule has 1 aromatic heterocycles. The van der Waals surface area contributed by atoms with Crippen molar-refractivity contribution in [2.45, 2.75) is 39.8 Å². The van der Waals surface area contributed by atoms with Gasteiger partial charge in [-0.05, 0) is 33.8 Å². The van der Waals surface area contributed by atoms with E-state index in [1.54, 1.807) is 4.68 Å². The zero-order valence-electron chi connectivity index (χ0n) is 13.5. The maximum atomic E-state index is 12.3. The number of hydrogen-bond donors (Lipinski definition) is 1. The standard InChI is InChI=1S/C15H26N4O2/c1-12-9-13(2)19(16-12)10-14(20)18-7-5-17(6-8-18)11-15(3,4)21/h9,21H,5-8,10-11H2,1-4H3. The van der Waals surface area contributed by atoms with Gasteiger partial charge < -0.3 is 10.0 Å². The number of carbonyl (C=O) groups excluding carboxylic acids is 1. The lowest BCUT2D eigenvalue weighted by Crippen LogP contribution is -2.52. The van der Waals surface area contributed by atoms with Gasteiger partial charge >= 0.3 is 0 Å².